The van der Waals surface area contributed by atoms with Gasteiger partial charge < -0.3 is 0 Å². The van der Waals surface area contributed by atoms with Gasteiger partial charge in [-0.1, -0.05) is 52.1 Å². The average Bonchev–Trinajstić information content (AvgIpc) is 1.86. The second kappa shape index (κ2) is 3.97. The first-order valence-electron chi connectivity index (χ1n) is 3.29. The molecule has 2 heteroatoms. The van der Waals surface area contributed by atoms with Gasteiger partial charge in [-0.25, -0.2) is 0 Å². The Bertz CT molecular complexity index is 79.0. The molecular weight excluding hydrogens is 244 g/mol. The molecule has 0 fully saturated rings. The van der Waals surface area contributed by atoms with Crippen molar-refractivity contribution in [2.75, 3.05) is 5.33 Å². The maximum Gasteiger partial charge on any atom is 0.0351 e. The number of rotatable bonds is 3. The van der Waals surface area contributed by atoms with Crippen molar-refractivity contribution in [2.24, 2.45) is 5.92 Å². The van der Waals surface area contributed by atoms with Crippen LogP contribution in [-0.4, -0.2) is 9.65 Å². The monoisotopic (exact) mass is 256 g/mol. The van der Waals surface area contributed by atoms with Crippen LogP contribution in [0.1, 0.15) is 27.2 Å². The molecule has 0 spiro atoms. The topological polar surface area (TPSA) is 0 Å². The summed E-state index contributed by atoms with van der Waals surface area (Å²) in [6.07, 6.45) is 1.23. The molecule has 0 aromatic rings. The van der Waals surface area contributed by atoms with Crippen LogP contribution in [0.4, 0.5) is 0 Å². The summed E-state index contributed by atoms with van der Waals surface area (Å²) >= 11 is 7.13. The van der Waals surface area contributed by atoms with Gasteiger partial charge in [0.15, 0.2) is 0 Å². The number of alkyl halides is 2. The van der Waals surface area contributed by atoms with Gasteiger partial charge in [-0.2, -0.15) is 0 Å². The van der Waals surface area contributed by atoms with E-state index in [1.54, 1.807) is 0 Å². The molecule has 0 aliphatic heterocycles. The predicted molar refractivity (Wildman–Crippen MR) is 50.6 cm³/mol. The zero-order valence-corrected chi connectivity index (χ0v) is 9.42. The van der Waals surface area contributed by atoms with Gasteiger partial charge in [-0.15, -0.1) is 0 Å². The third kappa shape index (κ3) is 3.03. The Morgan fingerprint density at radius 3 is 2.11 bits per heavy atom. The van der Waals surface area contributed by atoms with E-state index < -0.39 is 0 Å². The molecule has 0 amide bonds. The molecule has 2 atom stereocenters. The molecule has 0 radical (unpaired) electrons. The summed E-state index contributed by atoms with van der Waals surface area (Å²) in [5, 5.41) is 1.02. The van der Waals surface area contributed by atoms with Gasteiger partial charge in [0.05, 0.1) is 0 Å². The molecule has 0 bridgehead atoms. The Morgan fingerprint density at radius 1 is 1.56 bits per heavy atom. The Hall–Kier alpha value is 0.960. The molecule has 0 aromatic carbocycles. The van der Waals surface area contributed by atoms with Gasteiger partial charge in [-0.3, -0.25) is 0 Å². The first-order valence-corrected chi connectivity index (χ1v) is 5.21. The van der Waals surface area contributed by atoms with E-state index in [1.165, 1.54) is 6.42 Å². The second-order valence-corrected chi connectivity index (χ2v) is 5.09. The Labute approximate surface area is 74.7 Å². The van der Waals surface area contributed by atoms with Crippen molar-refractivity contribution in [2.45, 2.75) is 31.5 Å². The lowest BCUT2D eigenvalue weighted by Gasteiger charge is -2.26. The van der Waals surface area contributed by atoms with Crippen molar-refractivity contribution >= 4 is 31.9 Å². The molecule has 0 rings (SSSR count). The number of halogens is 2. The highest BCUT2D eigenvalue weighted by Gasteiger charge is 2.24. The van der Waals surface area contributed by atoms with Crippen LogP contribution in [0.25, 0.3) is 0 Å². The molecule has 0 heterocycles. The molecule has 56 valence electrons. The van der Waals surface area contributed by atoms with Gasteiger partial charge in [0, 0.05) is 9.65 Å². The molecule has 0 saturated heterocycles. The standard InChI is InChI=1S/C7H14Br2/c1-4-6(2)7(3,9)5-8/h6H,4-5H2,1-3H3. The summed E-state index contributed by atoms with van der Waals surface area (Å²) in [5.41, 5.74) is 0. The van der Waals surface area contributed by atoms with E-state index in [0.717, 1.165) is 11.2 Å². The Morgan fingerprint density at radius 2 is 2.00 bits per heavy atom. The molecule has 0 saturated carbocycles. The molecular formula is C7H14Br2. The Kier molecular flexibility index (Phi) is 4.39. The highest BCUT2D eigenvalue weighted by Crippen LogP contribution is 2.30. The highest BCUT2D eigenvalue weighted by atomic mass is 79.9. The van der Waals surface area contributed by atoms with Crippen molar-refractivity contribution < 1.29 is 0 Å². The first-order chi connectivity index (χ1) is 4.04. The smallest absolute Gasteiger partial charge is 0.0351 e. The highest BCUT2D eigenvalue weighted by molar-refractivity contribution is 9.12. The third-order valence-corrected chi connectivity index (χ3v) is 4.88. The van der Waals surface area contributed by atoms with Crippen LogP contribution in [0, 0.1) is 5.92 Å². The van der Waals surface area contributed by atoms with Crippen molar-refractivity contribution in [3.8, 4) is 0 Å². The van der Waals surface area contributed by atoms with E-state index in [2.05, 4.69) is 52.6 Å². The maximum atomic E-state index is 3.66. The number of hydrogen-bond acceptors (Lipinski definition) is 0. The normalized spacial score (nSPS) is 21.0. The first kappa shape index (κ1) is 9.96. The quantitative estimate of drug-likeness (QED) is 0.678. The van der Waals surface area contributed by atoms with E-state index in [0.29, 0.717) is 0 Å². The summed E-state index contributed by atoms with van der Waals surface area (Å²) in [5.74, 6) is 0.733. The van der Waals surface area contributed by atoms with Crippen LogP contribution in [-0.2, 0) is 0 Å². The lowest BCUT2D eigenvalue weighted by molar-refractivity contribution is 0.464. The van der Waals surface area contributed by atoms with E-state index in [-0.39, 0.29) is 4.32 Å². The molecule has 2 unspecified atom stereocenters. The van der Waals surface area contributed by atoms with Crippen molar-refractivity contribution in [3.05, 3.63) is 0 Å². The summed E-state index contributed by atoms with van der Waals surface area (Å²) in [6.45, 7) is 6.69. The minimum absolute atomic E-state index is 0.280. The van der Waals surface area contributed by atoms with E-state index in [4.69, 9.17) is 0 Å². The van der Waals surface area contributed by atoms with E-state index >= 15 is 0 Å². The van der Waals surface area contributed by atoms with Crippen LogP contribution in [0.5, 0.6) is 0 Å². The molecule has 0 nitrogen and oxygen atoms in total. The average molecular weight is 258 g/mol. The van der Waals surface area contributed by atoms with Gasteiger partial charge in [0.25, 0.3) is 0 Å². The lowest BCUT2D eigenvalue weighted by Crippen LogP contribution is -2.26. The van der Waals surface area contributed by atoms with Gasteiger partial charge in [0.1, 0.15) is 0 Å². The minimum atomic E-state index is 0.280. The molecule has 0 aliphatic carbocycles. The lowest BCUT2D eigenvalue weighted by atomic mass is 9.95. The zero-order chi connectivity index (χ0) is 7.49. The summed E-state index contributed by atoms with van der Waals surface area (Å²) in [4.78, 5) is 0. The fourth-order valence-corrected chi connectivity index (χ4v) is 1.43. The minimum Gasteiger partial charge on any atom is -0.0913 e. The molecule has 0 aliphatic rings. The fourth-order valence-electron chi connectivity index (χ4n) is 0.557. The van der Waals surface area contributed by atoms with E-state index in [9.17, 15) is 0 Å². The van der Waals surface area contributed by atoms with Crippen molar-refractivity contribution in [3.63, 3.8) is 0 Å². The third-order valence-electron chi connectivity index (χ3n) is 1.90. The summed E-state index contributed by atoms with van der Waals surface area (Å²) in [6, 6.07) is 0. The Balaban J connectivity index is 3.80. The van der Waals surface area contributed by atoms with E-state index in [1.807, 2.05) is 0 Å². The van der Waals surface area contributed by atoms with Crippen LogP contribution in [0.15, 0.2) is 0 Å². The van der Waals surface area contributed by atoms with Gasteiger partial charge in [-0.05, 0) is 12.8 Å². The zero-order valence-electron chi connectivity index (χ0n) is 6.25. The van der Waals surface area contributed by atoms with Gasteiger partial charge >= 0.3 is 0 Å². The van der Waals surface area contributed by atoms with Crippen LogP contribution < -0.4 is 0 Å². The van der Waals surface area contributed by atoms with Crippen LogP contribution in [0.2, 0.25) is 0 Å². The summed E-state index contributed by atoms with van der Waals surface area (Å²) in [7, 11) is 0. The number of hydrogen-bond donors (Lipinski definition) is 0. The molecule has 9 heavy (non-hydrogen) atoms. The largest absolute Gasteiger partial charge is 0.0913 e. The predicted octanol–water partition coefficient (Wildman–Crippen LogP) is 3.58. The SMILES string of the molecule is CCC(C)C(C)(Br)CBr. The van der Waals surface area contributed by atoms with Crippen molar-refractivity contribution in [1.29, 1.82) is 0 Å². The van der Waals surface area contributed by atoms with Gasteiger partial charge in [0.2, 0.25) is 0 Å². The maximum absolute atomic E-state index is 3.66. The summed E-state index contributed by atoms with van der Waals surface area (Å²) < 4.78 is 0.280. The molecule has 0 aromatic heterocycles. The van der Waals surface area contributed by atoms with Crippen LogP contribution >= 0.6 is 31.9 Å². The van der Waals surface area contributed by atoms with Crippen molar-refractivity contribution in [1.82, 2.24) is 0 Å². The molecule has 0 N–H and O–H groups in total. The second-order valence-electron chi connectivity index (χ2n) is 2.72. The fraction of sp³-hybridized carbons (Fsp3) is 1.00. The van der Waals surface area contributed by atoms with Crippen LogP contribution in [0.3, 0.4) is 0 Å².